The van der Waals surface area contributed by atoms with Crippen molar-refractivity contribution >= 4 is 15.9 Å². The van der Waals surface area contributed by atoms with Gasteiger partial charge in [0.15, 0.2) is 0 Å². The van der Waals surface area contributed by atoms with Gasteiger partial charge in [0.05, 0.1) is 6.61 Å². The van der Waals surface area contributed by atoms with E-state index in [1.54, 1.807) is 0 Å². The zero-order valence-electron chi connectivity index (χ0n) is 10.8. The van der Waals surface area contributed by atoms with Crippen LogP contribution < -0.4 is 10.5 Å². The normalized spacial score (nSPS) is 17.9. The van der Waals surface area contributed by atoms with Crippen molar-refractivity contribution in [3.8, 4) is 5.75 Å². The third-order valence-electron chi connectivity index (χ3n) is 3.92. The summed E-state index contributed by atoms with van der Waals surface area (Å²) in [5.74, 6) is 2.41. The molecule has 1 aliphatic rings. The molecular formula is C15H22BrNO. The van der Waals surface area contributed by atoms with Crippen LogP contribution in [0.3, 0.4) is 0 Å². The summed E-state index contributed by atoms with van der Waals surface area (Å²) in [6, 6.07) is 8.01. The summed E-state index contributed by atoms with van der Waals surface area (Å²) in [7, 11) is 0. The first-order valence-electron chi connectivity index (χ1n) is 6.88. The van der Waals surface area contributed by atoms with E-state index in [0.29, 0.717) is 5.92 Å². The number of halogens is 1. The first-order valence-corrected chi connectivity index (χ1v) is 7.67. The van der Waals surface area contributed by atoms with Gasteiger partial charge in [-0.1, -0.05) is 47.7 Å². The molecule has 2 rings (SSSR count). The number of ether oxygens (including phenoxy) is 1. The Kier molecular flexibility index (Phi) is 5.51. The molecule has 3 heteroatoms. The van der Waals surface area contributed by atoms with Gasteiger partial charge in [0.25, 0.3) is 0 Å². The minimum absolute atomic E-state index is 0.639. The molecule has 18 heavy (non-hydrogen) atoms. The zero-order valence-corrected chi connectivity index (χ0v) is 12.4. The molecular weight excluding hydrogens is 290 g/mol. The average Bonchev–Trinajstić information content (AvgIpc) is 2.88. The smallest absolute Gasteiger partial charge is 0.120 e. The predicted octanol–water partition coefficient (Wildman–Crippen LogP) is 3.98. The van der Waals surface area contributed by atoms with E-state index in [-0.39, 0.29) is 0 Å². The van der Waals surface area contributed by atoms with E-state index in [9.17, 15) is 0 Å². The fraction of sp³-hybridized carbons (Fsp3) is 0.600. The highest BCUT2D eigenvalue weighted by Gasteiger charge is 2.23. The number of hydrogen-bond acceptors (Lipinski definition) is 2. The first kappa shape index (κ1) is 13.9. The average molecular weight is 312 g/mol. The summed E-state index contributed by atoms with van der Waals surface area (Å²) in [5, 5.41) is 0. The van der Waals surface area contributed by atoms with Gasteiger partial charge in [-0.15, -0.1) is 0 Å². The van der Waals surface area contributed by atoms with Gasteiger partial charge in [-0.2, -0.15) is 0 Å². The van der Waals surface area contributed by atoms with E-state index in [1.807, 2.05) is 24.3 Å². The summed E-state index contributed by atoms with van der Waals surface area (Å²) in [5.41, 5.74) is 5.89. The fourth-order valence-corrected chi connectivity index (χ4v) is 3.24. The Morgan fingerprint density at radius 2 is 2.11 bits per heavy atom. The van der Waals surface area contributed by atoms with Gasteiger partial charge < -0.3 is 10.5 Å². The third-order valence-corrected chi connectivity index (χ3v) is 4.42. The van der Waals surface area contributed by atoms with E-state index in [1.165, 1.54) is 25.7 Å². The van der Waals surface area contributed by atoms with Gasteiger partial charge in [0.1, 0.15) is 5.75 Å². The van der Waals surface area contributed by atoms with Crippen molar-refractivity contribution in [2.45, 2.75) is 32.1 Å². The molecule has 0 radical (unpaired) electrons. The van der Waals surface area contributed by atoms with Crippen LogP contribution in [0.5, 0.6) is 5.75 Å². The summed E-state index contributed by atoms with van der Waals surface area (Å²) in [6.45, 7) is 1.57. The Labute approximate surface area is 118 Å². The molecule has 1 aromatic carbocycles. The quantitative estimate of drug-likeness (QED) is 0.862. The lowest BCUT2D eigenvalue weighted by Gasteiger charge is -2.21. The van der Waals surface area contributed by atoms with Crippen molar-refractivity contribution in [3.05, 3.63) is 28.7 Å². The molecule has 2 nitrogen and oxygen atoms in total. The monoisotopic (exact) mass is 311 g/mol. The van der Waals surface area contributed by atoms with Crippen LogP contribution in [0, 0.1) is 11.8 Å². The van der Waals surface area contributed by atoms with Gasteiger partial charge in [0, 0.05) is 4.47 Å². The second-order valence-corrected chi connectivity index (χ2v) is 6.05. The molecule has 1 atom stereocenters. The Morgan fingerprint density at radius 1 is 1.33 bits per heavy atom. The van der Waals surface area contributed by atoms with E-state index in [4.69, 9.17) is 10.5 Å². The molecule has 1 unspecified atom stereocenters. The number of rotatable bonds is 6. The number of benzene rings is 1. The topological polar surface area (TPSA) is 35.2 Å². The molecule has 0 aliphatic heterocycles. The molecule has 0 bridgehead atoms. The molecule has 100 valence electrons. The lowest BCUT2D eigenvalue weighted by Crippen LogP contribution is -2.23. The highest BCUT2D eigenvalue weighted by molar-refractivity contribution is 9.10. The molecule has 0 spiro atoms. The van der Waals surface area contributed by atoms with Crippen LogP contribution in [0.4, 0.5) is 0 Å². The van der Waals surface area contributed by atoms with Crippen LogP contribution in [0.25, 0.3) is 0 Å². The molecule has 1 aromatic rings. The van der Waals surface area contributed by atoms with Gasteiger partial charge in [-0.05, 0) is 43.0 Å². The van der Waals surface area contributed by atoms with Crippen molar-refractivity contribution in [1.29, 1.82) is 0 Å². The SMILES string of the molecule is NCC(CCOc1cccc(Br)c1)C1CCCC1. The third kappa shape index (κ3) is 3.99. The van der Waals surface area contributed by atoms with Crippen LogP contribution in [0.2, 0.25) is 0 Å². The van der Waals surface area contributed by atoms with Gasteiger partial charge in [0.2, 0.25) is 0 Å². The summed E-state index contributed by atoms with van der Waals surface area (Å²) in [4.78, 5) is 0. The Balaban J connectivity index is 1.76. The summed E-state index contributed by atoms with van der Waals surface area (Å²) >= 11 is 3.45. The lowest BCUT2D eigenvalue weighted by atomic mass is 9.88. The molecule has 1 aliphatic carbocycles. The highest BCUT2D eigenvalue weighted by Crippen LogP contribution is 2.32. The number of nitrogens with two attached hydrogens (primary N) is 1. The predicted molar refractivity (Wildman–Crippen MR) is 78.8 cm³/mol. The van der Waals surface area contributed by atoms with Crippen molar-refractivity contribution in [2.24, 2.45) is 17.6 Å². The minimum atomic E-state index is 0.639. The van der Waals surface area contributed by atoms with Crippen molar-refractivity contribution in [3.63, 3.8) is 0 Å². The van der Waals surface area contributed by atoms with E-state index >= 15 is 0 Å². The fourth-order valence-electron chi connectivity index (χ4n) is 2.86. The second kappa shape index (κ2) is 7.15. The molecule has 1 fully saturated rings. The molecule has 2 N–H and O–H groups in total. The zero-order chi connectivity index (χ0) is 12.8. The maximum atomic E-state index is 5.89. The molecule has 0 aromatic heterocycles. The molecule has 0 heterocycles. The van der Waals surface area contributed by atoms with E-state index in [0.717, 1.165) is 35.7 Å². The maximum Gasteiger partial charge on any atom is 0.120 e. The van der Waals surface area contributed by atoms with Gasteiger partial charge in [-0.25, -0.2) is 0 Å². The Morgan fingerprint density at radius 3 is 2.78 bits per heavy atom. The van der Waals surface area contributed by atoms with Crippen LogP contribution in [-0.2, 0) is 0 Å². The lowest BCUT2D eigenvalue weighted by molar-refractivity contribution is 0.239. The van der Waals surface area contributed by atoms with Crippen LogP contribution in [0.15, 0.2) is 28.7 Å². The van der Waals surface area contributed by atoms with Gasteiger partial charge >= 0.3 is 0 Å². The molecule has 0 saturated heterocycles. The summed E-state index contributed by atoms with van der Waals surface area (Å²) < 4.78 is 6.85. The highest BCUT2D eigenvalue weighted by atomic mass is 79.9. The van der Waals surface area contributed by atoms with E-state index in [2.05, 4.69) is 15.9 Å². The maximum absolute atomic E-state index is 5.89. The minimum Gasteiger partial charge on any atom is -0.494 e. The van der Waals surface area contributed by atoms with Crippen molar-refractivity contribution in [1.82, 2.24) is 0 Å². The second-order valence-electron chi connectivity index (χ2n) is 5.13. The van der Waals surface area contributed by atoms with Crippen molar-refractivity contribution < 1.29 is 4.74 Å². The Bertz CT molecular complexity index is 363. The first-order chi connectivity index (χ1) is 8.79. The number of hydrogen-bond donors (Lipinski definition) is 1. The van der Waals surface area contributed by atoms with Crippen LogP contribution in [-0.4, -0.2) is 13.2 Å². The molecule has 0 amide bonds. The van der Waals surface area contributed by atoms with E-state index < -0.39 is 0 Å². The van der Waals surface area contributed by atoms with Crippen LogP contribution in [0.1, 0.15) is 32.1 Å². The largest absolute Gasteiger partial charge is 0.494 e. The standard InChI is InChI=1S/C15H22BrNO/c16-14-6-3-7-15(10-14)18-9-8-13(11-17)12-4-1-2-5-12/h3,6-7,10,12-13H,1-2,4-5,8-9,11,17H2. The Hall–Kier alpha value is -0.540. The van der Waals surface area contributed by atoms with Crippen molar-refractivity contribution in [2.75, 3.05) is 13.2 Å². The summed E-state index contributed by atoms with van der Waals surface area (Å²) in [6.07, 6.45) is 6.56. The van der Waals surface area contributed by atoms with Gasteiger partial charge in [-0.3, -0.25) is 0 Å². The van der Waals surface area contributed by atoms with Crippen LogP contribution >= 0.6 is 15.9 Å². The molecule has 1 saturated carbocycles.